The van der Waals surface area contributed by atoms with E-state index in [0.29, 0.717) is 12.8 Å². The zero-order valence-corrected chi connectivity index (χ0v) is 13.1. The summed E-state index contributed by atoms with van der Waals surface area (Å²) in [5.74, 6) is -2.12. The Bertz CT molecular complexity index is 470. The summed E-state index contributed by atoms with van der Waals surface area (Å²) in [6.45, 7) is 2.11. The number of hydrogen-bond acceptors (Lipinski definition) is 5. The summed E-state index contributed by atoms with van der Waals surface area (Å²) in [5.41, 5.74) is 0. The minimum atomic E-state index is -3.62. The first-order valence-corrected chi connectivity index (χ1v) is 8.27. The molecule has 2 N–H and O–H groups in total. The Morgan fingerprint density at radius 2 is 1.95 bits per heavy atom. The van der Waals surface area contributed by atoms with Crippen LogP contribution in [0, 0.1) is 11.8 Å². The molecule has 0 amide bonds. The van der Waals surface area contributed by atoms with Gasteiger partial charge < -0.3 is 9.84 Å². The van der Waals surface area contributed by atoms with Crippen LogP contribution in [0.25, 0.3) is 0 Å². The molecule has 1 rings (SSSR count). The van der Waals surface area contributed by atoms with Gasteiger partial charge in [-0.05, 0) is 19.3 Å². The van der Waals surface area contributed by atoms with E-state index >= 15 is 0 Å². The van der Waals surface area contributed by atoms with Gasteiger partial charge in [0.25, 0.3) is 10.2 Å². The quantitative estimate of drug-likeness (QED) is 0.629. The summed E-state index contributed by atoms with van der Waals surface area (Å²) < 4.78 is 32.4. The van der Waals surface area contributed by atoms with E-state index < -0.39 is 22.1 Å². The fraction of sp³-hybridized carbons (Fsp3) is 0.833. The predicted octanol–water partition coefficient (Wildman–Crippen LogP) is -0.183. The first-order chi connectivity index (χ1) is 9.77. The van der Waals surface area contributed by atoms with E-state index in [-0.39, 0.29) is 37.9 Å². The summed E-state index contributed by atoms with van der Waals surface area (Å²) >= 11 is 0. The molecule has 1 fully saturated rings. The van der Waals surface area contributed by atoms with Crippen LogP contribution in [-0.2, 0) is 24.5 Å². The number of esters is 1. The van der Waals surface area contributed by atoms with Crippen LogP contribution in [0.3, 0.4) is 0 Å². The second-order valence-corrected chi connectivity index (χ2v) is 6.88. The minimum absolute atomic E-state index is 0.0761. The number of nitrogens with one attached hydrogen (secondary N) is 1. The number of carbonyl (C=O) groups is 2. The van der Waals surface area contributed by atoms with Gasteiger partial charge in [0.2, 0.25) is 0 Å². The van der Waals surface area contributed by atoms with Crippen molar-refractivity contribution in [2.24, 2.45) is 11.8 Å². The Balaban J connectivity index is 2.42. The molecule has 0 aromatic heterocycles. The minimum Gasteiger partial charge on any atom is -0.481 e. The number of carboxylic acid groups (broad SMARTS) is 1. The third-order valence-electron chi connectivity index (χ3n) is 3.61. The fourth-order valence-electron chi connectivity index (χ4n) is 2.12. The number of carboxylic acids is 1. The van der Waals surface area contributed by atoms with Crippen LogP contribution in [-0.4, -0.2) is 56.5 Å². The van der Waals surface area contributed by atoms with Crippen LogP contribution in [0.1, 0.15) is 26.2 Å². The number of rotatable bonds is 7. The van der Waals surface area contributed by atoms with Gasteiger partial charge in [-0.2, -0.15) is 12.7 Å². The Kier molecular flexibility index (Phi) is 6.56. The first-order valence-electron chi connectivity index (χ1n) is 6.83. The van der Waals surface area contributed by atoms with E-state index in [1.165, 1.54) is 18.3 Å². The average Bonchev–Trinajstić information content (AvgIpc) is 2.46. The van der Waals surface area contributed by atoms with Gasteiger partial charge >= 0.3 is 11.9 Å². The maximum Gasteiger partial charge on any atom is 0.308 e. The molecule has 0 saturated carbocycles. The molecule has 0 aromatic rings. The van der Waals surface area contributed by atoms with Crippen molar-refractivity contribution >= 4 is 22.1 Å². The Hall–Kier alpha value is -1.19. The molecule has 0 radical (unpaired) electrons. The number of ether oxygens (including phenoxy) is 1. The molecule has 8 nitrogen and oxygen atoms in total. The van der Waals surface area contributed by atoms with Crippen LogP contribution in [0.15, 0.2) is 0 Å². The second-order valence-electron chi connectivity index (χ2n) is 5.12. The number of carbonyl (C=O) groups excluding carboxylic acids is 1. The van der Waals surface area contributed by atoms with E-state index in [1.54, 1.807) is 0 Å². The molecule has 0 aliphatic carbocycles. The highest BCUT2D eigenvalue weighted by atomic mass is 32.2. The highest BCUT2D eigenvalue weighted by Crippen LogP contribution is 2.20. The zero-order valence-electron chi connectivity index (χ0n) is 12.2. The van der Waals surface area contributed by atoms with E-state index in [2.05, 4.69) is 9.46 Å². The highest BCUT2D eigenvalue weighted by molar-refractivity contribution is 7.87. The van der Waals surface area contributed by atoms with E-state index in [1.807, 2.05) is 0 Å². The van der Waals surface area contributed by atoms with Crippen LogP contribution in [0.4, 0.5) is 0 Å². The topological polar surface area (TPSA) is 113 Å². The summed E-state index contributed by atoms with van der Waals surface area (Å²) in [6, 6.07) is 0. The monoisotopic (exact) mass is 322 g/mol. The lowest BCUT2D eigenvalue weighted by molar-refractivity contribution is -0.146. The van der Waals surface area contributed by atoms with E-state index in [4.69, 9.17) is 5.11 Å². The fourth-order valence-corrected chi connectivity index (χ4v) is 3.37. The van der Waals surface area contributed by atoms with Crippen molar-refractivity contribution in [2.45, 2.75) is 26.2 Å². The SMILES string of the molecule is COC(=O)C1CCN(S(=O)(=O)NCCC(C)C(=O)O)CC1. The van der Waals surface area contributed by atoms with Crippen molar-refractivity contribution in [3.05, 3.63) is 0 Å². The van der Waals surface area contributed by atoms with Crippen LogP contribution in [0.2, 0.25) is 0 Å². The van der Waals surface area contributed by atoms with Crippen molar-refractivity contribution in [1.82, 2.24) is 9.03 Å². The van der Waals surface area contributed by atoms with Crippen LogP contribution >= 0.6 is 0 Å². The van der Waals surface area contributed by atoms with Gasteiger partial charge in [-0.1, -0.05) is 6.92 Å². The molecule has 1 unspecified atom stereocenters. The lowest BCUT2D eigenvalue weighted by Gasteiger charge is -2.29. The third-order valence-corrected chi connectivity index (χ3v) is 5.23. The summed E-state index contributed by atoms with van der Waals surface area (Å²) in [6.07, 6.45) is 1.09. The van der Waals surface area contributed by atoms with Gasteiger partial charge in [0.1, 0.15) is 0 Å². The Morgan fingerprint density at radius 3 is 2.43 bits per heavy atom. The molecule has 1 saturated heterocycles. The standard InChI is InChI=1S/C12H22N2O6S/c1-9(11(15)16)3-6-13-21(18,19)14-7-4-10(5-8-14)12(17)20-2/h9-10,13H,3-8H2,1-2H3,(H,15,16). The summed E-state index contributed by atoms with van der Waals surface area (Å²) in [4.78, 5) is 22.0. The van der Waals surface area contributed by atoms with Crippen molar-refractivity contribution in [2.75, 3.05) is 26.7 Å². The van der Waals surface area contributed by atoms with Crippen molar-refractivity contribution in [3.8, 4) is 0 Å². The molecule has 1 aliphatic rings. The lowest BCUT2D eigenvalue weighted by atomic mass is 9.99. The number of methoxy groups -OCH3 is 1. The molecule has 1 heterocycles. The van der Waals surface area contributed by atoms with Gasteiger partial charge in [-0.25, -0.2) is 4.72 Å². The number of aliphatic carboxylic acids is 1. The maximum absolute atomic E-state index is 12.0. The molecule has 122 valence electrons. The summed E-state index contributed by atoms with van der Waals surface area (Å²) in [7, 11) is -2.31. The Labute approximate surface area is 124 Å². The molecule has 9 heteroatoms. The van der Waals surface area contributed by atoms with Crippen molar-refractivity contribution < 1.29 is 27.9 Å². The van der Waals surface area contributed by atoms with Crippen molar-refractivity contribution in [3.63, 3.8) is 0 Å². The molecule has 1 atom stereocenters. The number of piperidine rings is 1. The van der Waals surface area contributed by atoms with Crippen LogP contribution < -0.4 is 4.72 Å². The number of hydrogen-bond donors (Lipinski definition) is 2. The molecule has 1 aliphatic heterocycles. The molecule has 21 heavy (non-hydrogen) atoms. The van der Waals surface area contributed by atoms with Gasteiger partial charge in [-0.15, -0.1) is 0 Å². The van der Waals surface area contributed by atoms with Crippen LogP contribution in [0.5, 0.6) is 0 Å². The predicted molar refractivity (Wildman–Crippen MR) is 74.7 cm³/mol. The van der Waals surface area contributed by atoms with Gasteiger partial charge in [0, 0.05) is 19.6 Å². The Morgan fingerprint density at radius 1 is 1.38 bits per heavy atom. The molecular weight excluding hydrogens is 300 g/mol. The smallest absolute Gasteiger partial charge is 0.308 e. The molecular formula is C12H22N2O6S. The first kappa shape index (κ1) is 17.9. The zero-order chi connectivity index (χ0) is 16.0. The van der Waals surface area contributed by atoms with Gasteiger partial charge in [0.15, 0.2) is 0 Å². The van der Waals surface area contributed by atoms with Crippen molar-refractivity contribution in [1.29, 1.82) is 0 Å². The van der Waals surface area contributed by atoms with E-state index in [9.17, 15) is 18.0 Å². The second kappa shape index (κ2) is 7.71. The maximum atomic E-state index is 12.0. The lowest BCUT2D eigenvalue weighted by Crippen LogP contribution is -2.46. The highest BCUT2D eigenvalue weighted by Gasteiger charge is 2.31. The van der Waals surface area contributed by atoms with E-state index in [0.717, 1.165) is 0 Å². The molecule has 0 spiro atoms. The number of nitrogens with zero attached hydrogens (tertiary/aromatic N) is 1. The molecule has 0 bridgehead atoms. The molecule has 0 aromatic carbocycles. The summed E-state index contributed by atoms with van der Waals surface area (Å²) in [5, 5.41) is 8.73. The van der Waals surface area contributed by atoms with Gasteiger partial charge in [0.05, 0.1) is 18.9 Å². The average molecular weight is 322 g/mol. The largest absolute Gasteiger partial charge is 0.481 e. The normalized spacial score (nSPS) is 19.1. The third kappa shape index (κ3) is 5.25. The van der Waals surface area contributed by atoms with Gasteiger partial charge in [-0.3, -0.25) is 9.59 Å².